The van der Waals surface area contributed by atoms with E-state index in [1.807, 2.05) is 0 Å². The Labute approximate surface area is 94.2 Å². The Bertz CT molecular complexity index is 217. The van der Waals surface area contributed by atoms with Crippen molar-refractivity contribution in [3.63, 3.8) is 0 Å². The zero-order valence-electron chi connectivity index (χ0n) is 10.4. The average Bonchev–Trinajstić information content (AvgIpc) is 2.60. The Morgan fingerprint density at radius 1 is 1.07 bits per heavy atom. The quantitative estimate of drug-likeness (QED) is 0.758. The molecule has 88 valence electrons. The minimum Gasteiger partial charge on any atom is -0.329 e. The molecule has 1 saturated heterocycles. The van der Waals surface area contributed by atoms with Crippen molar-refractivity contribution in [1.29, 1.82) is 0 Å². The molecule has 0 atom stereocenters. The lowest BCUT2D eigenvalue weighted by Crippen LogP contribution is -2.54. The molecule has 0 unspecified atom stereocenters. The van der Waals surface area contributed by atoms with E-state index in [1.165, 1.54) is 51.6 Å². The van der Waals surface area contributed by atoms with E-state index in [1.54, 1.807) is 0 Å². The molecule has 1 heterocycles. The van der Waals surface area contributed by atoms with Gasteiger partial charge in [-0.1, -0.05) is 33.1 Å². The van der Waals surface area contributed by atoms with E-state index in [4.69, 9.17) is 5.73 Å². The number of hydrogen-bond donors (Lipinski definition) is 1. The Hall–Kier alpha value is -0.0800. The maximum atomic E-state index is 6.06. The van der Waals surface area contributed by atoms with Crippen LogP contribution >= 0.6 is 0 Å². The summed E-state index contributed by atoms with van der Waals surface area (Å²) in [6.45, 7) is 8.16. The van der Waals surface area contributed by atoms with Crippen LogP contribution in [0.2, 0.25) is 0 Å². The summed E-state index contributed by atoms with van der Waals surface area (Å²) in [4.78, 5) is 2.70. The van der Waals surface area contributed by atoms with E-state index in [2.05, 4.69) is 18.7 Å². The van der Waals surface area contributed by atoms with Crippen molar-refractivity contribution >= 4 is 0 Å². The van der Waals surface area contributed by atoms with Gasteiger partial charge in [0.2, 0.25) is 0 Å². The number of likely N-dealkylation sites (tertiary alicyclic amines) is 1. The molecule has 2 N–H and O–H groups in total. The molecule has 1 saturated carbocycles. The maximum absolute atomic E-state index is 6.06. The molecule has 0 bridgehead atoms. The van der Waals surface area contributed by atoms with Gasteiger partial charge in [-0.2, -0.15) is 0 Å². The summed E-state index contributed by atoms with van der Waals surface area (Å²) in [5.41, 5.74) is 6.95. The van der Waals surface area contributed by atoms with Crippen LogP contribution in [0.3, 0.4) is 0 Å². The first-order valence-electron chi connectivity index (χ1n) is 6.53. The van der Waals surface area contributed by atoms with Crippen LogP contribution in [0.15, 0.2) is 0 Å². The molecule has 2 fully saturated rings. The van der Waals surface area contributed by atoms with Gasteiger partial charge >= 0.3 is 0 Å². The summed E-state index contributed by atoms with van der Waals surface area (Å²) in [6.07, 6.45) is 8.19. The first-order valence-corrected chi connectivity index (χ1v) is 6.53. The number of nitrogens with zero attached hydrogens (tertiary/aromatic N) is 1. The predicted molar refractivity (Wildman–Crippen MR) is 64.8 cm³/mol. The largest absolute Gasteiger partial charge is 0.329 e. The van der Waals surface area contributed by atoms with Crippen molar-refractivity contribution < 1.29 is 0 Å². The van der Waals surface area contributed by atoms with Gasteiger partial charge in [0.1, 0.15) is 0 Å². The van der Waals surface area contributed by atoms with Crippen LogP contribution in [0.1, 0.15) is 52.4 Å². The molecular weight excluding hydrogens is 184 g/mol. The maximum Gasteiger partial charge on any atom is 0.0331 e. The van der Waals surface area contributed by atoms with Crippen molar-refractivity contribution in [2.24, 2.45) is 11.1 Å². The first kappa shape index (κ1) is 11.4. The van der Waals surface area contributed by atoms with Crippen molar-refractivity contribution in [3.05, 3.63) is 0 Å². The Kier molecular flexibility index (Phi) is 3.09. The molecule has 2 rings (SSSR count). The van der Waals surface area contributed by atoms with E-state index >= 15 is 0 Å². The van der Waals surface area contributed by atoms with E-state index in [0.29, 0.717) is 11.0 Å². The van der Waals surface area contributed by atoms with Gasteiger partial charge < -0.3 is 5.73 Å². The fourth-order valence-electron chi connectivity index (χ4n) is 3.38. The van der Waals surface area contributed by atoms with Crippen LogP contribution in [-0.4, -0.2) is 30.1 Å². The SMILES string of the molecule is CC1(C)CCN(C2(CN)CCCCC2)C1. The van der Waals surface area contributed by atoms with Crippen LogP contribution in [0.4, 0.5) is 0 Å². The van der Waals surface area contributed by atoms with E-state index in [0.717, 1.165) is 6.54 Å². The van der Waals surface area contributed by atoms with Gasteiger partial charge in [0.15, 0.2) is 0 Å². The molecule has 0 aromatic heterocycles. The summed E-state index contributed by atoms with van der Waals surface area (Å²) in [5, 5.41) is 0. The smallest absolute Gasteiger partial charge is 0.0331 e. The monoisotopic (exact) mass is 210 g/mol. The molecule has 0 aromatic rings. The lowest BCUT2D eigenvalue weighted by Gasteiger charge is -2.44. The standard InChI is InChI=1S/C13H26N2/c1-12(2)8-9-15(11-12)13(10-14)6-4-3-5-7-13/h3-11,14H2,1-2H3. The summed E-state index contributed by atoms with van der Waals surface area (Å²) in [5.74, 6) is 0. The third-order valence-corrected chi connectivity index (χ3v) is 4.51. The molecule has 2 nitrogen and oxygen atoms in total. The minimum absolute atomic E-state index is 0.367. The topological polar surface area (TPSA) is 29.3 Å². The minimum atomic E-state index is 0.367. The fourth-order valence-corrected chi connectivity index (χ4v) is 3.38. The number of rotatable bonds is 2. The molecular formula is C13H26N2. The van der Waals surface area contributed by atoms with Gasteiger partial charge in [0, 0.05) is 18.6 Å². The lowest BCUT2D eigenvalue weighted by atomic mass is 9.80. The third kappa shape index (κ3) is 2.21. The van der Waals surface area contributed by atoms with Crippen LogP contribution in [0.5, 0.6) is 0 Å². The van der Waals surface area contributed by atoms with Gasteiger partial charge in [0.05, 0.1) is 0 Å². The third-order valence-electron chi connectivity index (χ3n) is 4.51. The summed E-state index contributed by atoms with van der Waals surface area (Å²) in [7, 11) is 0. The molecule has 2 heteroatoms. The highest BCUT2D eigenvalue weighted by Gasteiger charge is 2.42. The second-order valence-corrected chi connectivity index (χ2v) is 6.32. The lowest BCUT2D eigenvalue weighted by molar-refractivity contribution is 0.0713. The van der Waals surface area contributed by atoms with Gasteiger partial charge in [-0.25, -0.2) is 0 Å². The zero-order valence-corrected chi connectivity index (χ0v) is 10.4. The summed E-state index contributed by atoms with van der Waals surface area (Å²) in [6, 6.07) is 0. The molecule has 0 spiro atoms. The van der Waals surface area contributed by atoms with Crippen LogP contribution in [0.25, 0.3) is 0 Å². The molecule has 0 amide bonds. The van der Waals surface area contributed by atoms with Crippen molar-refractivity contribution in [3.8, 4) is 0 Å². The van der Waals surface area contributed by atoms with E-state index in [9.17, 15) is 0 Å². The van der Waals surface area contributed by atoms with Crippen molar-refractivity contribution in [2.45, 2.75) is 57.9 Å². The molecule has 1 aliphatic carbocycles. The number of nitrogens with two attached hydrogens (primary N) is 1. The highest BCUT2D eigenvalue weighted by atomic mass is 15.2. The highest BCUT2D eigenvalue weighted by Crippen LogP contribution is 2.39. The van der Waals surface area contributed by atoms with Crippen LogP contribution in [-0.2, 0) is 0 Å². The predicted octanol–water partition coefficient (Wildman–Crippen LogP) is 2.38. The van der Waals surface area contributed by atoms with Crippen LogP contribution in [0, 0.1) is 5.41 Å². The molecule has 0 aromatic carbocycles. The van der Waals surface area contributed by atoms with E-state index in [-0.39, 0.29) is 0 Å². The molecule has 1 aliphatic heterocycles. The van der Waals surface area contributed by atoms with Crippen LogP contribution < -0.4 is 5.73 Å². The van der Waals surface area contributed by atoms with E-state index < -0.39 is 0 Å². The normalized spacial score (nSPS) is 30.6. The fraction of sp³-hybridized carbons (Fsp3) is 1.00. The highest BCUT2D eigenvalue weighted by molar-refractivity contribution is 4.99. The second kappa shape index (κ2) is 4.06. The summed E-state index contributed by atoms with van der Waals surface area (Å²) < 4.78 is 0. The van der Waals surface area contributed by atoms with Crippen molar-refractivity contribution in [2.75, 3.05) is 19.6 Å². The Balaban J connectivity index is 2.06. The molecule has 0 radical (unpaired) electrons. The van der Waals surface area contributed by atoms with Gasteiger partial charge in [-0.15, -0.1) is 0 Å². The Morgan fingerprint density at radius 2 is 1.73 bits per heavy atom. The van der Waals surface area contributed by atoms with Gasteiger partial charge in [0.25, 0.3) is 0 Å². The first-order chi connectivity index (χ1) is 7.08. The molecule has 2 aliphatic rings. The average molecular weight is 210 g/mol. The van der Waals surface area contributed by atoms with Gasteiger partial charge in [-0.05, 0) is 31.2 Å². The Morgan fingerprint density at radius 3 is 2.20 bits per heavy atom. The number of hydrogen-bond acceptors (Lipinski definition) is 2. The zero-order chi connectivity index (χ0) is 10.9. The second-order valence-electron chi connectivity index (χ2n) is 6.32. The molecule has 15 heavy (non-hydrogen) atoms. The summed E-state index contributed by atoms with van der Waals surface area (Å²) >= 11 is 0. The van der Waals surface area contributed by atoms with Crippen molar-refractivity contribution in [1.82, 2.24) is 4.90 Å². The van der Waals surface area contributed by atoms with Gasteiger partial charge in [-0.3, -0.25) is 4.90 Å².